The Morgan fingerprint density at radius 2 is 1.19 bits per heavy atom. The Balaban J connectivity index is 4.17. The van der Waals surface area contributed by atoms with Crippen LogP contribution < -0.4 is 0 Å². The van der Waals surface area contributed by atoms with E-state index in [1.807, 2.05) is 0 Å². The molecule has 0 saturated carbocycles. The quantitative estimate of drug-likeness (QED) is 0.354. The summed E-state index contributed by atoms with van der Waals surface area (Å²) >= 11 is 0. The molecule has 0 rings (SSSR count). The standard InChI is InChI=1S/C19H40O2/c1-6-9-10-11-12-13-14-15-19(18(4)5,16-20-7-2)17-21-8-3/h18H,6-17H2,1-5H3. The third-order valence-electron chi connectivity index (χ3n) is 4.69. The average Bonchev–Trinajstić information content (AvgIpc) is 2.48. The van der Waals surface area contributed by atoms with Crippen molar-refractivity contribution < 1.29 is 9.47 Å². The summed E-state index contributed by atoms with van der Waals surface area (Å²) in [6, 6.07) is 0. The molecule has 0 aromatic rings. The van der Waals surface area contributed by atoms with E-state index in [2.05, 4.69) is 34.6 Å². The van der Waals surface area contributed by atoms with E-state index in [0.29, 0.717) is 5.92 Å². The molecule has 0 saturated heterocycles. The molecular formula is C19H40O2. The fourth-order valence-corrected chi connectivity index (χ4v) is 2.85. The first-order chi connectivity index (χ1) is 10.1. The zero-order valence-corrected chi connectivity index (χ0v) is 15.4. The van der Waals surface area contributed by atoms with Crippen LogP contribution in [0.1, 0.15) is 86.0 Å². The molecule has 0 aromatic heterocycles. The van der Waals surface area contributed by atoms with Gasteiger partial charge >= 0.3 is 0 Å². The van der Waals surface area contributed by atoms with Gasteiger partial charge in [0.05, 0.1) is 13.2 Å². The average molecular weight is 301 g/mol. The second-order valence-corrected chi connectivity index (χ2v) is 6.66. The van der Waals surface area contributed by atoms with Crippen molar-refractivity contribution in [1.29, 1.82) is 0 Å². The highest BCUT2D eigenvalue weighted by atomic mass is 16.5. The summed E-state index contributed by atoms with van der Waals surface area (Å²) in [5.74, 6) is 0.607. The van der Waals surface area contributed by atoms with Gasteiger partial charge in [0, 0.05) is 18.6 Å². The minimum Gasteiger partial charge on any atom is -0.381 e. The van der Waals surface area contributed by atoms with Gasteiger partial charge in [-0.1, -0.05) is 65.7 Å². The second-order valence-electron chi connectivity index (χ2n) is 6.66. The van der Waals surface area contributed by atoms with Gasteiger partial charge in [0.15, 0.2) is 0 Å². The van der Waals surface area contributed by atoms with Crippen molar-refractivity contribution in [2.45, 2.75) is 86.0 Å². The van der Waals surface area contributed by atoms with Crippen molar-refractivity contribution in [3.63, 3.8) is 0 Å². The van der Waals surface area contributed by atoms with Crippen molar-refractivity contribution in [3.05, 3.63) is 0 Å². The normalized spacial score (nSPS) is 12.3. The van der Waals surface area contributed by atoms with E-state index in [4.69, 9.17) is 9.47 Å². The Bertz CT molecular complexity index is 206. The summed E-state index contributed by atoms with van der Waals surface area (Å²) in [4.78, 5) is 0. The Labute approximate surface area is 134 Å². The molecule has 0 aliphatic heterocycles. The highest BCUT2D eigenvalue weighted by Crippen LogP contribution is 2.35. The number of rotatable bonds is 15. The summed E-state index contributed by atoms with van der Waals surface area (Å²) in [6.07, 6.45) is 10.8. The molecule has 0 N–H and O–H groups in total. The Morgan fingerprint density at radius 1 is 0.714 bits per heavy atom. The van der Waals surface area contributed by atoms with E-state index in [0.717, 1.165) is 26.4 Å². The van der Waals surface area contributed by atoms with Crippen LogP contribution in [0.5, 0.6) is 0 Å². The van der Waals surface area contributed by atoms with Gasteiger partial charge in [0.2, 0.25) is 0 Å². The highest BCUT2D eigenvalue weighted by molar-refractivity contribution is 4.82. The summed E-state index contributed by atoms with van der Waals surface area (Å²) in [5, 5.41) is 0. The molecule has 0 radical (unpaired) electrons. The molecular weight excluding hydrogens is 260 g/mol. The van der Waals surface area contributed by atoms with Gasteiger partial charge < -0.3 is 9.47 Å². The summed E-state index contributed by atoms with van der Waals surface area (Å²) in [5.41, 5.74) is 0.204. The monoisotopic (exact) mass is 300 g/mol. The molecule has 0 fully saturated rings. The minimum absolute atomic E-state index is 0.204. The van der Waals surface area contributed by atoms with Gasteiger partial charge in [0.1, 0.15) is 0 Å². The molecule has 21 heavy (non-hydrogen) atoms. The van der Waals surface area contributed by atoms with Crippen LogP contribution in [-0.4, -0.2) is 26.4 Å². The van der Waals surface area contributed by atoms with Crippen molar-refractivity contribution in [2.75, 3.05) is 26.4 Å². The predicted molar refractivity (Wildman–Crippen MR) is 92.9 cm³/mol. The summed E-state index contributed by atoms with van der Waals surface area (Å²) in [7, 11) is 0. The third-order valence-corrected chi connectivity index (χ3v) is 4.69. The van der Waals surface area contributed by atoms with Crippen molar-refractivity contribution in [1.82, 2.24) is 0 Å². The van der Waals surface area contributed by atoms with Crippen LogP contribution in [0.15, 0.2) is 0 Å². The van der Waals surface area contributed by atoms with Crippen LogP contribution in [-0.2, 0) is 9.47 Å². The lowest BCUT2D eigenvalue weighted by Crippen LogP contribution is -2.37. The first-order valence-electron chi connectivity index (χ1n) is 9.28. The lowest BCUT2D eigenvalue weighted by molar-refractivity contribution is -0.0493. The van der Waals surface area contributed by atoms with Crippen LogP contribution in [0.2, 0.25) is 0 Å². The van der Waals surface area contributed by atoms with Crippen LogP contribution >= 0.6 is 0 Å². The lowest BCUT2D eigenvalue weighted by atomic mass is 9.74. The van der Waals surface area contributed by atoms with E-state index in [1.54, 1.807) is 0 Å². The van der Waals surface area contributed by atoms with Gasteiger partial charge in [-0.15, -0.1) is 0 Å². The maximum absolute atomic E-state index is 5.79. The summed E-state index contributed by atoms with van der Waals surface area (Å²) in [6.45, 7) is 14.4. The zero-order valence-electron chi connectivity index (χ0n) is 15.4. The van der Waals surface area contributed by atoms with Crippen LogP contribution in [0.4, 0.5) is 0 Å². The first kappa shape index (κ1) is 20.9. The Kier molecular flexibility index (Phi) is 13.5. The summed E-state index contributed by atoms with van der Waals surface area (Å²) < 4.78 is 11.6. The molecule has 0 aromatic carbocycles. The number of ether oxygens (including phenoxy) is 2. The molecule has 0 heterocycles. The number of hydrogen-bond acceptors (Lipinski definition) is 2. The number of hydrogen-bond donors (Lipinski definition) is 0. The zero-order chi connectivity index (χ0) is 16.0. The minimum atomic E-state index is 0.204. The fraction of sp³-hybridized carbons (Fsp3) is 1.00. The fourth-order valence-electron chi connectivity index (χ4n) is 2.85. The Morgan fingerprint density at radius 3 is 1.62 bits per heavy atom. The molecule has 0 amide bonds. The molecule has 0 aliphatic rings. The van der Waals surface area contributed by atoms with E-state index in [9.17, 15) is 0 Å². The van der Waals surface area contributed by atoms with E-state index in [1.165, 1.54) is 51.4 Å². The van der Waals surface area contributed by atoms with Gasteiger partial charge in [-0.25, -0.2) is 0 Å². The molecule has 128 valence electrons. The van der Waals surface area contributed by atoms with Crippen molar-refractivity contribution >= 4 is 0 Å². The van der Waals surface area contributed by atoms with Crippen LogP contribution in [0.3, 0.4) is 0 Å². The SMILES string of the molecule is CCCCCCCCCC(COCC)(COCC)C(C)C. The molecule has 2 heteroatoms. The lowest BCUT2D eigenvalue weighted by Gasteiger charge is -2.37. The predicted octanol–water partition coefficient (Wildman–Crippen LogP) is 5.84. The molecule has 2 nitrogen and oxygen atoms in total. The maximum atomic E-state index is 5.79. The van der Waals surface area contributed by atoms with Crippen molar-refractivity contribution in [2.24, 2.45) is 11.3 Å². The van der Waals surface area contributed by atoms with Crippen molar-refractivity contribution in [3.8, 4) is 0 Å². The first-order valence-corrected chi connectivity index (χ1v) is 9.28. The molecule has 0 aliphatic carbocycles. The van der Waals surface area contributed by atoms with Gasteiger partial charge in [-0.3, -0.25) is 0 Å². The van der Waals surface area contributed by atoms with Crippen LogP contribution in [0, 0.1) is 11.3 Å². The smallest absolute Gasteiger partial charge is 0.0546 e. The van der Waals surface area contributed by atoms with E-state index in [-0.39, 0.29) is 5.41 Å². The van der Waals surface area contributed by atoms with Gasteiger partial charge in [-0.05, 0) is 26.2 Å². The Hall–Kier alpha value is -0.0800. The molecule has 0 spiro atoms. The van der Waals surface area contributed by atoms with E-state index >= 15 is 0 Å². The topological polar surface area (TPSA) is 18.5 Å². The largest absolute Gasteiger partial charge is 0.381 e. The number of unbranched alkanes of at least 4 members (excludes halogenated alkanes) is 6. The molecule has 0 atom stereocenters. The maximum Gasteiger partial charge on any atom is 0.0546 e. The second kappa shape index (κ2) is 13.6. The van der Waals surface area contributed by atoms with Crippen LogP contribution in [0.25, 0.3) is 0 Å². The molecule has 0 unspecified atom stereocenters. The molecule has 0 bridgehead atoms. The highest BCUT2D eigenvalue weighted by Gasteiger charge is 2.33. The van der Waals surface area contributed by atoms with Gasteiger partial charge in [0.25, 0.3) is 0 Å². The third kappa shape index (κ3) is 9.52. The van der Waals surface area contributed by atoms with E-state index < -0.39 is 0 Å². The van der Waals surface area contributed by atoms with Gasteiger partial charge in [-0.2, -0.15) is 0 Å².